The SMILES string of the molecule is CN(Cc1nc(NN)ccc1Cl)CC1CCCCO1. The maximum Gasteiger partial charge on any atom is 0.140 e. The first kappa shape index (κ1) is 14.5. The van der Waals surface area contributed by atoms with E-state index in [1.807, 2.05) is 6.07 Å². The van der Waals surface area contributed by atoms with E-state index in [0.29, 0.717) is 23.5 Å². The van der Waals surface area contributed by atoms with Crippen molar-refractivity contribution in [1.29, 1.82) is 0 Å². The summed E-state index contributed by atoms with van der Waals surface area (Å²) in [5, 5.41) is 0.662. The van der Waals surface area contributed by atoms with Gasteiger partial charge in [0.15, 0.2) is 0 Å². The van der Waals surface area contributed by atoms with Crippen LogP contribution in [-0.2, 0) is 11.3 Å². The van der Waals surface area contributed by atoms with Gasteiger partial charge in [-0.05, 0) is 38.4 Å². The Morgan fingerprint density at radius 3 is 3.05 bits per heavy atom. The summed E-state index contributed by atoms with van der Waals surface area (Å²) in [6.07, 6.45) is 3.89. The van der Waals surface area contributed by atoms with E-state index >= 15 is 0 Å². The van der Waals surface area contributed by atoms with E-state index in [0.717, 1.165) is 25.3 Å². The molecule has 0 amide bonds. The summed E-state index contributed by atoms with van der Waals surface area (Å²) in [6, 6.07) is 3.57. The first-order valence-corrected chi connectivity index (χ1v) is 6.99. The third kappa shape index (κ3) is 4.31. The van der Waals surface area contributed by atoms with Gasteiger partial charge in [-0.25, -0.2) is 10.8 Å². The molecule has 2 heterocycles. The van der Waals surface area contributed by atoms with Crippen molar-refractivity contribution < 1.29 is 4.74 Å². The van der Waals surface area contributed by atoms with Gasteiger partial charge in [0, 0.05) is 19.7 Å². The van der Waals surface area contributed by atoms with Gasteiger partial charge in [-0.15, -0.1) is 0 Å². The zero-order valence-electron chi connectivity index (χ0n) is 11.2. The molecular formula is C13H21ClN4O. The lowest BCUT2D eigenvalue weighted by Crippen LogP contribution is -2.33. The Labute approximate surface area is 119 Å². The number of rotatable bonds is 5. The smallest absolute Gasteiger partial charge is 0.140 e. The van der Waals surface area contributed by atoms with Gasteiger partial charge in [0.2, 0.25) is 0 Å². The fourth-order valence-electron chi connectivity index (χ4n) is 2.29. The Morgan fingerprint density at radius 1 is 1.53 bits per heavy atom. The zero-order chi connectivity index (χ0) is 13.7. The molecule has 5 nitrogen and oxygen atoms in total. The number of nitrogens with two attached hydrogens (primary N) is 1. The fraction of sp³-hybridized carbons (Fsp3) is 0.615. The van der Waals surface area contributed by atoms with Crippen LogP contribution in [0, 0.1) is 0 Å². The first-order valence-electron chi connectivity index (χ1n) is 6.61. The summed E-state index contributed by atoms with van der Waals surface area (Å²) in [7, 11) is 2.05. The molecule has 0 spiro atoms. The van der Waals surface area contributed by atoms with Crippen molar-refractivity contribution in [3.05, 3.63) is 22.8 Å². The fourth-order valence-corrected chi connectivity index (χ4v) is 2.46. The molecule has 0 radical (unpaired) electrons. The summed E-state index contributed by atoms with van der Waals surface area (Å²) in [4.78, 5) is 6.56. The molecule has 0 bridgehead atoms. The van der Waals surface area contributed by atoms with Crippen LogP contribution in [-0.4, -0.2) is 36.2 Å². The van der Waals surface area contributed by atoms with Crippen LogP contribution in [0.3, 0.4) is 0 Å². The molecule has 1 saturated heterocycles. The number of anilines is 1. The van der Waals surface area contributed by atoms with E-state index in [1.54, 1.807) is 6.07 Å². The second kappa shape index (κ2) is 7.05. The number of aromatic nitrogens is 1. The van der Waals surface area contributed by atoms with Crippen LogP contribution in [0.4, 0.5) is 5.82 Å². The van der Waals surface area contributed by atoms with Gasteiger partial charge in [-0.3, -0.25) is 4.90 Å². The van der Waals surface area contributed by atoms with Crippen molar-refractivity contribution in [3.63, 3.8) is 0 Å². The molecule has 1 unspecified atom stereocenters. The quantitative estimate of drug-likeness (QED) is 0.640. The van der Waals surface area contributed by atoms with Crippen LogP contribution in [0.5, 0.6) is 0 Å². The average Bonchev–Trinajstić information content (AvgIpc) is 2.42. The highest BCUT2D eigenvalue weighted by Gasteiger charge is 2.17. The predicted molar refractivity (Wildman–Crippen MR) is 77.0 cm³/mol. The van der Waals surface area contributed by atoms with Crippen molar-refractivity contribution in [2.75, 3.05) is 25.6 Å². The number of nitrogens with zero attached hydrogens (tertiary/aromatic N) is 2. The number of likely N-dealkylation sites (N-methyl/N-ethyl adjacent to an activating group) is 1. The van der Waals surface area contributed by atoms with E-state index in [1.165, 1.54) is 12.8 Å². The monoisotopic (exact) mass is 284 g/mol. The number of pyridine rings is 1. The summed E-state index contributed by atoms with van der Waals surface area (Å²) in [6.45, 7) is 2.47. The standard InChI is InChI=1S/C13H21ClN4O/c1-18(8-10-4-2-3-7-19-10)9-12-11(14)5-6-13(16-12)17-15/h5-6,10H,2-4,7-9,15H2,1H3,(H,16,17). The van der Waals surface area contributed by atoms with Crippen molar-refractivity contribution >= 4 is 17.4 Å². The Bertz CT molecular complexity index is 410. The highest BCUT2D eigenvalue weighted by Crippen LogP contribution is 2.19. The second-order valence-corrected chi connectivity index (χ2v) is 5.36. The molecule has 1 aromatic rings. The van der Waals surface area contributed by atoms with Gasteiger partial charge in [-0.2, -0.15) is 0 Å². The molecule has 6 heteroatoms. The molecule has 1 fully saturated rings. The van der Waals surface area contributed by atoms with Crippen LogP contribution in [0.1, 0.15) is 25.0 Å². The van der Waals surface area contributed by atoms with Crippen LogP contribution >= 0.6 is 11.6 Å². The molecule has 0 aliphatic carbocycles. The predicted octanol–water partition coefficient (Wildman–Crippen LogP) is 2.02. The lowest BCUT2D eigenvalue weighted by molar-refractivity contribution is -0.00273. The number of nitrogens with one attached hydrogen (secondary N) is 1. The van der Waals surface area contributed by atoms with Gasteiger partial charge in [0.1, 0.15) is 5.82 Å². The highest BCUT2D eigenvalue weighted by atomic mass is 35.5. The number of hydrogen-bond donors (Lipinski definition) is 2. The van der Waals surface area contributed by atoms with Crippen LogP contribution < -0.4 is 11.3 Å². The Kier molecular flexibility index (Phi) is 5.39. The van der Waals surface area contributed by atoms with Gasteiger partial charge in [0.05, 0.1) is 16.8 Å². The van der Waals surface area contributed by atoms with Crippen molar-refractivity contribution in [2.24, 2.45) is 5.84 Å². The number of hydrogen-bond acceptors (Lipinski definition) is 5. The van der Waals surface area contributed by atoms with E-state index in [2.05, 4.69) is 22.4 Å². The molecule has 1 aliphatic heterocycles. The van der Waals surface area contributed by atoms with Crippen LogP contribution in [0.15, 0.2) is 12.1 Å². The summed E-state index contributed by atoms with van der Waals surface area (Å²) in [5.41, 5.74) is 3.37. The van der Waals surface area contributed by atoms with Crippen molar-refractivity contribution in [1.82, 2.24) is 9.88 Å². The molecule has 0 aromatic carbocycles. The number of hydrazine groups is 1. The summed E-state index contributed by atoms with van der Waals surface area (Å²) in [5.74, 6) is 5.99. The maximum absolute atomic E-state index is 6.15. The minimum atomic E-state index is 0.327. The van der Waals surface area contributed by atoms with E-state index in [-0.39, 0.29) is 0 Å². The third-order valence-electron chi connectivity index (χ3n) is 3.28. The molecular weight excluding hydrogens is 264 g/mol. The maximum atomic E-state index is 6.15. The lowest BCUT2D eigenvalue weighted by atomic mass is 10.1. The topological polar surface area (TPSA) is 63.4 Å². The lowest BCUT2D eigenvalue weighted by Gasteiger charge is -2.27. The van der Waals surface area contributed by atoms with Crippen LogP contribution in [0.25, 0.3) is 0 Å². The summed E-state index contributed by atoms with van der Waals surface area (Å²) >= 11 is 6.15. The molecule has 1 aromatic heterocycles. The highest BCUT2D eigenvalue weighted by molar-refractivity contribution is 6.31. The third-order valence-corrected chi connectivity index (χ3v) is 3.62. The average molecular weight is 285 g/mol. The summed E-state index contributed by atoms with van der Waals surface area (Å²) < 4.78 is 5.73. The Hall–Kier alpha value is -0.880. The molecule has 1 atom stereocenters. The molecule has 3 N–H and O–H groups in total. The van der Waals surface area contributed by atoms with Gasteiger partial charge < -0.3 is 10.2 Å². The minimum absolute atomic E-state index is 0.327. The van der Waals surface area contributed by atoms with Gasteiger partial charge in [-0.1, -0.05) is 11.6 Å². The van der Waals surface area contributed by atoms with Crippen LogP contribution in [0.2, 0.25) is 5.02 Å². The molecule has 2 rings (SSSR count). The van der Waals surface area contributed by atoms with E-state index in [4.69, 9.17) is 22.2 Å². The van der Waals surface area contributed by atoms with Gasteiger partial charge >= 0.3 is 0 Å². The normalized spacial score (nSPS) is 19.7. The Balaban J connectivity index is 1.92. The van der Waals surface area contributed by atoms with Crippen molar-refractivity contribution in [2.45, 2.75) is 31.9 Å². The zero-order valence-corrected chi connectivity index (χ0v) is 12.0. The first-order chi connectivity index (χ1) is 9.19. The number of nitrogen functional groups attached to an aromatic ring is 1. The number of ether oxygens (including phenoxy) is 1. The Morgan fingerprint density at radius 2 is 2.37 bits per heavy atom. The van der Waals surface area contributed by atoms with E-state index in [9.17, 15) is 0 Å². The molecule has 1 aliphatic rings. The second-order valence-electron chi connectivity index (χ2n) is 4.95. The molecule has 19 heavy (non-hydrogen) atoms. The van der Waals surface area contributed by atoms with E-state index < -0.39 is 0 Å². The van der Waals surface area contributed by atoms with Crippen molar-refractivity contribution in [3.8, 4) is 0 Å². The molecule has 106 valence electrons. The number of halogens is 1. The largest absolute Gasteiger partial charge is 0.377 e. The minimum Gasteiger partial charge on any atom is -0.377 e. The molecule has 0 saturated carbocycles. The van der Waals surface area contributed by atoms with Gasteiger partial charge in [0.25, 0.3) is 0 Å².